The number of hydrogen-bond acceptors (Lipinski definition) is 5. The van der Waals surface area contributed by atoms with Crippen LogP contribution < -0.4 is 10.6 Å². The minimum atomic E-state index is -3.67. The molecule has 2 amide bonds. The monoisotopic (exact) mass is 451 g/mol. The van der Waals surface area contributed by atoms with Crippen LogP contribution in [-0.4, -0.2) is 41.8 Å². The smallest absolute Gasteiger partial charge is 0.353 e. The first-order valence-corrected chi connectivity index (χ1v) is 12.3. The molecule has 8 nitrogen and oxygen atoms in total. The molecule has 0 aliphatic rings. The topological polar surface area (TPSA) is 110 Å². The van der Waals surface area contributed by atoms with Gasteiger partial charge in [0.05, 0.1) is 13.2 Å². The fraction of sp³-hybridized carbons (Fsp3) is 0.545. The highest BCUT2D eigenvalue weighted by Gasteiger charge is 2.38. The van der Waals surface area contributed by atoms with Crippen LogP contribution in [0.25, 0.3) is 10.9 Å². The van der Waals surface area contributed by atoms with Crippen LogP contribution in [0.15, 0.2) is 30.5 Å². The third-order valence-corrected chi connectivity index (χ3v) is 7.11. The maximum atomic E-state index is 13.6. The Bertz CT molecular complexity index is 917. The van der Waals surface area contributed by atoms with E-state index in [1.807, 2.05) is 44.3 Å². The van der Waals surface area contributed by atoms with Crippen LogP contribution in [0.4, 0.5) is 0 Å². The van der Waals surface area contributed by atoms with Crippen molar-refractivity contribution < 1.29 is 23.2 Å². The Morgan fingerprint density at radius 2 is 1.74 bits per heavy atom. The summed E-state index contributed by atoms with van der Waals surface area (Å²) in [6, 6.07) is 7.03. The first kappa shape index (κ1) is 25.1. The lowest BCUT2D eigenvalue weighted by atomic mass is 10.0. The van der Waals surface area contributed by atoms with E-state index in [4.69, 9.17) is 9.05 Å². The standard InChI is InChI=1S/C22H34N3O5P/c1-6-29-31(28,30-7-2)21(13-17-14-23-19-11-9-8-10-18(17)19)25-22(27)20(12-15(3)4)24-16(5)26/h8-11,14-15,20-21,23H,6-7,12-13H2,1-5H3,(H,24,26)(H,25,27). The Balaban J connectivity index is 2.37. The number of fused-ring (bicyclic) bond motifs is 1. The maximum Gasteiger partial charge on any atom is 0.353 e. The van der Waals surface area contributed by atoms with Gasteiger partial charge in [0, 0.05) is 30.4 Å². The molecule has 3 N–H and O–H groups in total. The second kappa shape index (κ2) is 11.5. The fourth-order valence-electron chi connectivity index (χ4n) is 3.54. The number of rotatable bonds is 12. The number of aromatic nitrogens is 1. The molecule has 0 aliphatic heterocycles. The zero-order chi connectivity index (χ0) is 23.0. The fourth-order valence-corrected chi connectivity index (χ4v) is 5.40. The van der Waals surface area contributed by atoms with Gasteiger partial charge in [-0.15, -0.1) is 0 Å². The summed E-state index contributed by atoms with van der Waals surface area (Å²) in [5.41, 5.74) is 1.83. The van der Waals surface area contributed by atoms with Crippen molar-refractivity contribution in [3.8, 4) is 0 Å². The van der Waals surface area contributed by atoms with Crippen LogP contribution in [0.3, 0.4) is 0 Å². The Morgan fingerprint density at radius 3 is 2.32 bits per heavy atom. The van der Waals surface area contributed by atoms with Crippen molar-refractivity contribution in [2.45, 2.75) is 59.3 Å². The molecule has 31 heavy (non-hydrogen) atoms. The van der Waals surface area contributed by atoms with Gasteiger partial charge in [0.2, 0.25) is 11.8 Å². The number of aromatic amines is 1. The van der Waals surface area contributed by atoms with E-state index in [-0.39, 0.29) is 31.5 Å². The van der Waals surface area contributed by atoms with Crippen LogP contribution in [0.2, 0.25) is 0 Å². The van der Waals surface area contributed by atoms with Crippen LogP contribution in [0, 0.1) is 5.92 Å². The van der Waals surface area contributed by atoms with Gasteiger partial charge in [-0.2, -0.15) is 0 Å². The van der Waals surface area contributed by atoms with Crippen LogP contribution >= 0.6 is 7.60 Å². The molecule has 0 radical (unpaired) electrons. The predicted molar refractivity (Wildman–Crippen MR) is 122 cm³/mol. The highest BCUT2D eigenvalue weighted by atomic mass is 31.2. The largest absolute Gasteiger partial charge is 0.361 e. The van der Waals surface area contributed by atoms with Crippen molar-refractivity contribution in [3.63, 3.8) is 0 Å². The molecule has 172 valence electrons. The van der Waals surface area contributed by atoms with E-state index in [0.717, 1.165) is 16.5 Å². The SMILES string of the molecule is CCOP(=O)(OCC)C(Cc1c[nH]c2ccccc12)NC(=O)C(CC(C)C)NC(C)=O. The normalized spacial score (nSPS) is 13.9. The van der Waals surface area contributed by atoms with E-state index in [0.29, 0.717) is 6.42 Å². The Morgan fingerprint density at radius 1 is 1.10 bits per heavy atom. The molecule has 0 saturated heterocycles. The molecule has 2 aromatic rings. The van der Waals surface area contributed by atoms with Gasteiger partial charge in [0.15, 0.2) is 0 Å². The number of H-pyrrole nitrogens is 1. The molecule has 1 aromatic heterocycles. The Hall–Kier alpha value is -2.15. The molecular weight excluding hydrogens is 417 g/mol. The summed E-state index contributed by atoms with van der Waals surface area (Å²) in [7, 11) is -3.67. The van der Waals surface area contributed by atoms with Crippen LogP contribution in [0.5, 0.6) is 0 Å². The van der Waals surface area contributed by atoms with E-state index in [2.05, 4.69) is 15.6 Å². The predicted octanol–water partition coefficient (Wildman–Crippen LogP) is 3.97. The molecule has 2 rings (SSSR count). The minimum absolute atomic E-state index is 0.179. The second-order valence-corrected chi connectivity index (χ2v) is 10.1. The molecule has 0 spiro atoms. The van der Waals surface area contributed by atoms with Gasteiger partial charge in [0.1, 0.15) is 11.8 Å². The van der Waals surface area contributed by atoms with E-state index in [1.165, 1.54) is 6.92 Å². The molecule has 1 heterocycles. The third kappa shape index (κ3) is 6.92. The van der Waals surface area contributed by atoms with Crippen molar-refractivity contribution in [1.29, 1.82) is 0 Å². The van der Waals surface area contributed by atoms with E-state index in [9.17, 15) is 14.2 Å². The molecular formula is C22H34N3O5P. The summed E-state index contributed by atoms with van der Waals surface area (Å²) in [4.78, 5) is 27.9. The van der Waals surface area contributed by atoms with Gasteiger partial charge < -0.3 is 24.7 Å². The first-order valence-electron chi connectivity index (χ1n) is 10.7. The van der Waals surface area contributed by atoms with Gasteiger partial charge in [-0.1, -0.05) is 32.0 Å². The zero-order valence-corrected chi connectivity index (χ0v) is 19.8. The van der Waals surface area contributed by atoms with Crippen molar-refractivity contribution in [1.82, 2.24) is 15.6 Å². The van der Waals surface area contributed by atoms with Crippen molar-refractivity contribution in [2.75, 3.05) is 13.2 Å². The summed E-state index contributed by atoms with van der Waals surface area (Å²) in [5, 5.41) is 6.53. The summed E-state index contributed by atoms with van der Waals surface area (Å²) in [5.74, 6) is -1.43. The molecule has 2 atom stereocenters. The number of nitrogens with one attached hydrogen (secondary N) is 3. The highest BCUT2D eigenvalue weighted by Crippen LogP contribution is 2.53. The lowest BCUT2D eigenvalue weighted by Crippen LogP contribution is -2.50. The highest BCUT2D eigenvalue weighted by molar-refractivity contribution is 7.54. The van der Waals surface area contributed by atoms with Gasteiger partial charge in [-0.25, -0.2) is 0 Å². The molecule has 0 bridgehead atoms. The van der Waals surface area contributed by atoms with Crippen molar-refractivity contribution in [3.05, 3.63) is 36.0 Å². The second-order valence-electron chi connectivity index (χ2n) is 7.85. The quantitative estimate of drug-likeness (QED) is 0.423. The Kier molecular flexibility index (Phi) is 9.29. The molecule has 0 fully saturated rings. The van der Waals surface area contributed by atoms with Gasteiger partial charge in [0.25, 0.3) is 0 Å². The van der Waals surface area contributed by atoms with Gasteiger partial charge in [-0.05, 0) is 37.8 Å². The molecule has 0 saturated carbocycles. The van der Waals surface area contributed by atoms with Gasteiger partial charge in [-0.3, -0.25) is 14.2 Å². The summed E-state index contributed by atoms with van der Waals surface area (Å²) in [6.07, 6.45) is 2.55. The zero-order valence-electron chi connectivity index (χ0n) is 18.9. The average Bonchev–Trinajstić information content (AvgIpc) is 3.09. The molecule has 9 heteroatoms. The first-order chi connectivity index (χ1) is 14.7. The number of carbonyl (C=O) groups is 2. The number of benzene rings is 1. The molecule has 0 aliphatic carbocycles. The van der Waals surface area contributed by atoms with E-state index >= 15 is 0 Å². The number of para-hydroxylation sites is 1. The third-order valence-electron chi connectivity index (χ3n) is 4.80. The molecule has 1 aromatic carbocycles. The summed E-state index contributed by atoms with van der Waals surface area (Å²) in [6.45, 7) is 9.13. The van der Waals surface area contributed by atoms with Crippen LogP contribution in [-0.2, 0) is 29.6 Å². The van der Waals surface area contributed by atoms with E-state index in [1.54, 1.807) is 13.8 Å². The van der Waals surface area contributed by atoms with E-state index < -0.39 is 25.3 Å². The summed E-state index contributed by atoms with van der Waals surface area (Å²) < 4.78 is 24.7. The number of amides is 2. The van der Waals surface area contributed by atoms with Crippen molar-refractivity contribution >= 4 is 30.3 Å². The van der Waals surface area contributed by atoms with Crippen LogP contribution in [0.1, 0.15) is 46.6 Å². The Labute approximate surface area is 184 Å². The molecule has 2 unspecified atom stereocenters. The van der Waals surface area contributed by atoms with Gasteiger partial charge >= 0.3 is 7.60 Å². The maximum absolute atomic E-state index is 13.6. The van der Waals surface area contributed by atoms with Crippen molar-refractivity contribution in [2.24, 2.45) is 5.92 Å². The average molecular weight is 452 g/mol. The number of hydrogen-bond donors (Lipinski definition) is 3. The summed E-state index contributed by atoms with van der Waals surface area (Å²) >= 11 is 0. The lowest BCUT2D eigenvalue weighted by Gasteiger charge is -2.29. The lowest BCUT2D eigenvalue weighted by molar-refractivity contribution is -0.128. The number of carbonyl (C=O) groups excluding carboxylic acids is 2. The minimum Gasteiger partial charge on any atom is -0.361 e.